The zero-order valence-electron chi connectivity index (χ0n) is 11.7. The number of ether oxygens (including phenoxy) is 2. The molecule has 0 radical (unpaired) electrons. The molecule has 0 saturated heterocycles. The minimum absolute atomic E-state index is 0. The maximum Gasteiger partial charge on any atom is 0.241 e. The first-order valence-corrected chi connectivity index (χ1v) is 6.80. The summed E-state index contributed by atoms with van der Waals surface area (Å²) in [5.41, 5.74) is 6.35. The smallest absolute Gasteiger partial charge is 0.241 e. The van der Waals surface area contributed by atoms with Crippen LogP contribution < -0.4 is 20.5 Å². The van der Waals surface area contributed by atoms with Crippen molar-refractivity contribution in [3.05, 3.63) is 16.6 Å². The molecule has 1 atom stereocenters. The molecule has 3 N–H and O–H groups in total. The maximum atomic E-state index is 11.9. The van der Waals surface area contributed by atoms with Crippen molar-refractivity contribution in [2.24, 2.45) is 5.73 Å². The average molecular weight is 368 g/mol. The highest BCUT2D eigenvalue weighted by atomic mass is 79.9. The summed E-state index contributed by atoms with van der Waals surface area (Å²) in [4.78, 5) is 11.9. The molecule has 0 saturated carbocycles. The van der Waals surface area contributed by atoms with Crippen LogP contribution in [0.5, 0.6) is 11.5 Å². The van der Waals surface area contributed by atoms with Crippen molar-refractivity contribution >= 4 is 39.9 Å². The van der Waals surface area contributed by atoms with E-state index in [2.05, 4.69) is 21.2 Å². The Morgan fingerprint density at radius 2 is 1.85 bits per heavy atom. The maximum absolute atomic E-state index is 11.9. The molecule has 0 bridgehead atoms. The predicted molar refractivity (Wildman–Crippen MR) is 86.0 cm³/mol. The van der Waals surface area contributed by atoms with Crippen molar-refractivity contribution in [2.75, 3.05) is 19.5 Å². The van der Waals surface area contributed by atoms with E-state index in [1.54, 1.807) is 26.4 Å². The average Bonchev–Trinajstić information content (AvgIpc) is 2.40. The molecule has 1 unspecified atom stereocenters. The Morgan fingerprint density at radius 1 is 1.35 bits per heavy atom. The molecule has 0 heterocycles. The molecule has 0 aliphatic heterocycles. The summed E-state index contributed by atoms with van der Waals surface area (Å²) in [6.07, 6.45) is 1.51. The molecule has 1 amide bonds. The van der Waals surface area contributed by atoms with Crippen LogP contribution >= 0.6 is 28.3 Å². The van der Waals surface area contributed by atoms with Gasteiger partial charge in [-0.25, -0.2) is 0 Å². The Kier molecular flexibility index (Phi) is 8.60. The molecule has 7 heteroatoms. The molecule has 5 nitrogen and oxygen atoms in total. The van der Waals surface area contributed by atoms with Crippen molar-refractivity contribution in [1.82, 2.24) is 0 Å². The third-order valence-corrected chi connectivity index (χ3v) is 3.43. The minimum Gasteiger partial charge on any atom is -0.495 e. The highest BCUT2D eigenvalue weighted by Crippen LogP contribution is 2.37. The molecular formula is C13H20BrClN2O3. The summed E-state index contributed by atoms with van der Waals surface area (Å²) in [5.74, 6) is 0.950. The lowest BCUT2D eigenvalue weighted by Gasteiger charge is -2.14. The number of hydrogen-bond donors (Lipinski definition) is 2. The van der Waals surface area contributed by atoms with E-state index in [9.17, 15) is 4.79 Å². The van der Waals surface area contributed by atoms with E-state index in [0.717, 1.165) is 6.42 Å². The molecule has 1 rings (SSSR count). The fourth-order valence-corrected chi connectivity index (χ4v) is 2.17. The summed E-state index contributed by atoms with van der Waals surface area (Å²) in [6.45, 7) is 1.98. The molecule has 0 aliphatic carbocycles. The molecule has 1 aromatic rings. The Hall–Kier alpha value is -0.980. The largest absolute Gasteiger partial charge is 0.495 e. The van der Waals surface area contributed by atoms with Gasteiger partial charge in [0.2, 0.25) is 5.91 Å². The van der Waals surface area contributed by atoms with Crippen molar-refractivity contribution in [3.8, 4) is 11.5 Å². The van der Waals surface area contributed by atoms with Crippen molar-refractivity contribution in [2.45, 2.75) is 25.8 Å². The lowest BCUT2D eigenvalue weighted by atomic mass is 10.1. The molecule has 20 heavy (non-hydrogen) atoms. The van der Waals surface area contributed by atoms with Crippen molar-refractivity contribution in [3.63, 3.8) is 0 Å². The zero-order valence-corrected chi connectivity index (χ0v) is 14.1. The van der Waals surface area contributed by atoms with E-state index in [4.69, 9.17) is 15.2 Å². The van der Waals surface area contributed by atoms with E-state index in [1.165, 1.54) is 0 Å². The summed E-state index contributed by atoms with van der Waals surface area (Å²) in [5, 5.41) is 2.76. The van der Waals surface area contributed by atoms with Gasteiger partial charge in [0, 0.05) is 17.8 Å². The van der Waals surface area contributed by atoms with Gasteiger partial charge in [-0.1, -0.05) is 13.3 Å². The van der Waals surface area contributed by atoms with Crippen LogP contribution in [-0.2, 0) is 4.79 Å². The number of rotatable bonds is 6. The molecule has 0 aliphatic rings. The molecule has 1 aromatic carbocycles. The second-order valence-electron chi connectivity index (χ2n) is 4.08. The van der Waals surface area contributed by atoms with Gasteiger partial charge in [0.05, 0.1) is 20.3 Å². The van der Waals surface area contributed by atoms with Crippen LogP contribution in [0.15, 0.2) is 16.6 Å². The number of nitrogens with two attached hydrogens (primary N) is 1. The van der Waals surface area contributed by atoms with E-state index >= 15 is 0 Å². The van der Waals surface area contributed by atoms with Gasteiger partial charge in [-0.05, 0) is 22.4 Å². The van der Waals surface area contributed by atoms with Crippen LogP contribution in [-0.4, -0.2) is 26.2 Å². The number of hydrogen-bond acceptors (Lipinski definition) is 4. The highest BCUT2D eigenvalue weighted by Gasteiger charge is 2.15. The quantitative estimate of drug-likeness (QED) is 0.810. The van der Waals surface area contributed by atoms with E-state index < -0.39 is 6.04 Å². The van der Waals surface area contributed by atoms with E-state index in [0.29, 0.717) is 28.1 Å². The number of halogens is 2. The Balaban J connectivity index is 0.00000361. The van der Waals surface area contributed by atoms with E-state index in [-0.39, 0.29) is 18.3 Å². The number of anilines is 1. The van der Waals surface area contributed by atoms with Gasteiger partial charge in [-0.3, -0.25) is 4.79 Å². The summed E-state index contributed by atoms with van der Waals surface area (Å²) >= 11 is 3.37. The second-order valence-corrected chi connectivity index (χ2v) is 4.87. The Morgan fingerprint density at radius 3 is 2.25 bits per heavy atom. The summed E-state index contributed by atoms with van der Waals surface area (Å²) < 4.78 is 11.1. The number of amides is 1. The number of benzene rings is 1. The summed E-state index contributed by atoms with van der Waals surface area (Å²) in [7, 11) is 3.10. The Labute approximate surface area is 133 Å². The fourth-order valence-electron chi connectivity index (χ4n) is 1.62. The molecular weight excluding hydrogens is 348 g/mol. The lowest BCUT2D eigenvalue weighted by Crippen LogP contribution is -2.35. The molecule has 0 aromatic heterocycles. The lowest BCUT2D eigenvalue weighted by molar-refractivity contribution is -0.117. The number of carbonyl (C=O) groups excluding carboxylic acids is 1. The third kappa shape index (κ3) is 4.85. The SMILES string of the molecule is CCCC(N)C(=O)Nc1cc(OC)c(Br)c(OC)c1.Cl. The van der Waals surface area contributed by atoms with Crippen LogP contribution in [0.2, 0.25) is 0 Å². The van der Waals surface area contributed by atoms with Gasteiger partial charge in [0.25, 0.3) is 0 Å². The van der Waals surface area contributed by atoms with Gasteiger partial charge in [0.1, 0.15) is 16.0 Å². The Bertz CT molecular complexity index is 432. The predicted octanol–water partition coefficient (Wildman–Crippen LogP) is 2.95. The zero-order chi connectivity index (χ0) is 14.4. The van der Waals surface area contributed by atoms with Crippen LogP contribution in [0.3, 0.4) is 0 Å². The standard InChI is InChI=1S/C13H19BrN2O3.ClH/c1-4-5-9(15)13(17)16-8-6-10(18-2)12(14)11(7-8)19-3;/h6-7,9H,4-5,15H2,1-3H3,(H,16,17);1H. The van der Waals surface area contributed by atoms with Gasteiger partial charge in [-0.2, -0.15) is 0 Å². The summed E-state index contributed by atoms with van der Waals surface area (Å²) in [6, 6.07) is 2.91. The van der Waals surface area contributed by atoms with E-state index in [1.807, 2.05) is 6.92 Å². The van der Waals surface area contributed by atoms with Crippen LogP contribution in [0.1, 0.15) is 19.8 Å². The number of carbonyl (C=O) groups is 1. The number of methoxy groups -OCH3 is 2. The highest BCUT2D eigenvalue weighted by molar-refractivity contribution is 9.10. The van der Waals surface area contributed by atoms with Crippen LogP contribution in [0.4, 0.5) is 5.69 Å². The first-order chi connectivity index (χ1) is 9.03. The van der Waals surface area contributed by atoms with Gasteiger partial charge < -0.3 is 20.5 Å². The van der Waals surface area contributed by atoms with Crippen molar-refractivity contribution < 1.29 is 14.3 Å². The molecule has 0 fully saturated rings. The fraction of sp³-hybridized carbons (Fsp3) is 0.462. The normalized spacial score (nSPS) is 11.2. The molecule has 0 spiro atoms. The number of nitrogens with one attached hydrogen (secondary N) is 1. The monoisotopic (exact) mass is 366 g/mol. The van der Waals surface area contributed by atoms with Crippen molar-refractivity contribution in [1.29, 1.82) is 0 Å². The second kappa shape index (κ2) is 9.05. The third-order valence-electron chi connectivity index (χ3n) is 2.65. The van der Waals surface area contributed by atoms with Gasteiger partial charge >= 0.3 is 0 Å². The first-order valence-electron chi connectivity index (χ1n) is 6.01. The van der Waals surface area contributed by atoms with Gasteiger partial charge in [0.15, 0.2) is 0 Å². The van der Waals surface area contributed by atoms with Crippen LogP contribution in [0.25, 0.3) is 0 Å². The van der Waals surface area contributed by atoms with Gasteiger partial charge in [-0.15, -0.1) is 12.4 Å². The van der Waals surface area contributed by atoms with Crippen LogP contribution in [0, 0.1) is 0 Å². The topological polar surface area (TPSA) is 73.6 Å². The first kappa shape index (κ1) is 19.0. The molecule has 114 valence electrons. The minimum atomic E-state index is -0.509.